The van der Waals surface area contributed by atoms with Crippen molar-refractivity contribution in [1.82, 2.24) is 9.88 Å². The van der Waals surface area contributed by atoms with Crippen molar-refractivity contribution in [3.63, 3.8) is 0 Å². The molecular formula is C18H20Br2N2O2. The summed E-state index contributed by atoms with van der Waals surface area (Å²) in [6, 6.07) is 12.5. The van der Waals surface area contributed by atoms with Crippen LogP contribution in [-0.2, 0) is 6.54 Å². The van der Waals surface area contributed by atoms with E-state index in [1.54, 1.807) is 0 Å². The second-order valence-electron chi connectivity index (χ2n) is 5.87. The molecule has 2 aromatic carbocycles. The standard InChI is InChI=1S/C18H20Br2N2O2/c19-12-2-4-17-15(8-12)16-9-13(20)3-5-18(16)22(17)11-14(24)10-21-6-1-7-23/h2-5,8-9,14,21,23-24H,1,6-7,10-11H2/t14-/m1/s1. The number of aliphatic hydroxyl groups excluding tert-OH is 2. The van der Waals surface area contributed by atoms with E-state index in [1.165, 1.54) is 10.8 Å². The number of benzene rings is 2. The summed E-state index contributed by atoms with van der Waals surface area (Å²) in [7, 11) is 0. The van der Waals surface area contributed by atoms with Gasteiger partial charge in [0, 0.05) is 43.9 Å². The van der Waals surface area contributed by atoms with Crippen LogP contribution in [0.5, 0.6) is 0 Å². The van der Waals surface area contributed by atoms with Gasteiger partial charge < -0.3 is 20.1 Å². The third-order valence-corrected chi connectivity index (χ3v) is 5.06. The van der Waals surface area contributed by atoms with Gasteiger partial charge in [0.15, 0.2) is 0 Å². The maximum absolute atomic E-state index is 10.4. The Morgan fingerprint density at radius 2 is 1.58 bits per heavy atom. The lowest BCUT2D eigenvalue weighted by Crippen LogP contribution is -2.31. The summed E-state index contributed by atoms with van der Waals surface area (Å²) in [5, 5.41) is 24.7. The SMILES string of the molecule is OCCCNC[C@@H](O)Cn1c2ccc(Br)cc2c2cc(Br)ccc21. The van der Waals surface area contributed by atoms with Crippen molar-refractivity contribution in [3.8, 4) is 0 Å². The highest BCUT2D eigenvalue weighted by atomic mass is 79.9. The van der Waals surface area contributed by atoms with Gasteiger partial charge in [-0.3, -0.25) is 0 Å². The van der Waals surface area contributed by atoms with E-state index in [4.69, 9.17) is 5.11 Å². The third kappa shape index (κ3) is 3.83. The molecule has 6 heteroatoms. The van der Waals surface area contributed by atoms with Crippen molar-refractivity contribution in [2.75, 3.05) is 19.7 Å². The van der Waals surface area contributed by atoms with Crippen LogP contribution in [0.2, 0.25) is 0 Å². The number of hydrogen-bond donors (Lipinski definition) is 3. The zero-order chi connectivity index (χ0) is 17.1. The van der Waals surface area contributed by atoms with Gasteiger partial charge in [0.1, 0.15) is 0 Å². The molecule has 1 heterocycles. The first-order valence-electron chi connectivity index (χ1n) is 7.97. The Hall–Kier alpha value is -0.920. The van der Waals surface area contributed by atoms with E-state index in [-0.39, 0.29) is 6.61 Å². The summed E-state index contributed by atoms with van der Waals surface area (Å²) in [5.74, 6) is 0. The fourth-order valence-corrected chi connectivity index (χ4v) is 3.72. The predicted molar refractivity (Wildman–Crippen MR) is 105 cm³/mol. The third-order valence-electron chi connectivity index (χ3n) is 4.07. The first kappa shape index (κ1) is 17.9. The van der Waals surface area contributed by atoms with Crippen LogP contribution < -0.4 is 5.32 Å². The number of fused-ring (bicyclic) bond motifs is 3. The fraction of sp³-hybridized carbons (Fsp3) is 0.333. The van der Waals surface area contributed by atoms with Crippen LogP contribution in [0.3, 0.4) is 0 Å². The van der Waals surface area contributed by atoms with Crippen molar-refractivity contribution in [2.24, 2.45) is 0 Å². The van der Waals surface area contributed by atoms with Crippen molar-refractivity contribution < 1.29 is 10.2 Å². The van der Waals surface area contributed by atoms with Gasteiger partial charge in [-0.1, -0.05) is 31.9 Å². The molecule has 0 aliphatic carbocycles. The van der Waals surface area contributed by atoms with Crippen LogP contribution in [0, 0.1) is 0 Å². The first-order chi connectivity index (χ1) is 11.6. The molecule has 0 unspecified atom stereocenters. The minimum atomic E-state index is -0.491. The summed E-state index contributed by atoms with van der Waals surface area (Å²) >= 11 is 7.09. The van der Waals surface area contributed by atoms with Gasteiger partial charge in [-0.2, -0.15) is 0 Å². The zero-order valence-corrected chi connectivity index (χ0v) is 16.3. The van der Waals surface area contributed by atoms with E-state index in [1.807, 2.05) is 12.1 Å². The van der Waals surface area contributed by atoms with E-state index in [0.29, 0.717) is 26.1 Å². The predicted octanol–water partition coefficient (Wildman–Crippen LogP) is 3.65. The largest absolute Gasteiger partial charge is 0.396 e. The lowest BCUT2D eigenvalue weighted by molar-refractivity contribution is 0.153. The number of hydrogen-bond acceptors (Lipinski definition) is 3. The van der Waals surface area contributed by atoms with Gasteiger partial charge in [0.2, 0.25) is 0 Å². The Morgan fingerprint density at radius 1 is 1.00 bits per heavy atom. The molecule has 0 aliphatic rings. The molecule has 0 radical (unpaired) electrons. The summed E-state index contributed by atoms with van der Waals surface area (Å²) in [6.07, 6.45) is 0.208. The van der Waals surface area contributed by atoms with Crippen LogP contribution in [0.15, 0.2) is 45.3 Å². The summed E-state index contributed by atoms with van der Waals surface area (Å²) in [6.45, 7) is 1.91. The molecule has 0 fully saturated rings. The molecule has 0 aliphatic heterocycles. The highest BCUT2D eigenvalue weighted by Gasteiger charge is 2.14. The summed E-state index contributed by atoms with van der Waals surface area (Å²) in [5.41, 5.74) is 2.22. The van der Waals surface area contributed by atoms with Crippen LogP contribution in [-0.4, -0.2) is 40.6 Å². The Kier molecular flexibility index (Phi) is 5.94. The Balaban J connectivity index is 1.93. The molecule has 0 saturated carbocycles. The average Bonchev–Trinajstić information content (AvgIpc) is 2.84. The Bertz CT molecular complexity index is 789. The van der Waals surface area contributed by atoms with Crippen molar-refractivity contribution in [1.29, 1.82) is 0 Å². The second-order valence-corrected chi connectivity index (χ2v) is 7.70. The molecule has 3 aromatic rings. The molecule has 24 heavy (non-hydrogen) atoms. The van der Waals surface area contributed by atoms with Gasteiger partial charge in [-0.25, -0.2) is 0 Å². The normalized spacial score (nSPS) is 13.0. The van der Waals surface area contributed by atoms with E-state index in [2.05, 4.69) is 66.0 Å². The fourth-order valence-electron chi connectivity index (χ4n) is 2.99. The van der Waals surface area contributed by atoms with Crippen LogP contribution in [0.1, 0.15) is 6.42 Å². The molecule has 0 saturated heterocycles. The minimum absolute atomic E-state index is 0.166. The molecule has 1 atom stereocenters. The van der Waals surface area contributed by atoms with Crippen molar-refractivity contribution in [2.45, 2.75) is 19.1 Å². The second kappa shape index (κ2) is 7.97. The van der Waals surface area contributed by atoms with Crippen molar-refractivity contribution >= 4 is 53.7 Å². The van der Waals surface area contributed by atoms with Gasteiger partial charge in [0.05, 0.1) is 12.6 Å². The minimum Gasteiger partial charge on any atom is -0.396 e. The van der Waals surface area contributed by atoms with Crippen molar-refractivity contribution in [3.05, 3.63) is 45.3 Å². The molecule has 0 bridgehead atoms. The molecular weight excluding hydrogens is 436 g/mol. The van der Waals surface area contributed by atoms with Gasteiger partial charge >= 0.3 is 0 Å². The topological polar surface area (TPSA) is 57.4 Å². The molecule has 128 valence electrons. The molecule has 0 spiro atoms. The van der Waals surface area contributed by atoms with E-state index in [0.717, 1.165) is 20.0 Å². The van der Waals surface area contributed by atoms with Gasteiger partial charge in [-0.15, -0.1) is 0 Å². The molecule has 0 amide bonds. The quantitative estimate of drug-likeness (QED) is 0.476. The lowest BCUT2D eigenvalue weighted by atomic mass is 10.2. The Morgan fingerprint density at radius 3 is 2.12 bits per heavy atom. The lowest BCUT2D eigenvalue weighted by Gasteiger charge is -2.15. The molecule has 3 rings (SSSR count). The highest BCUT2D eigenvalue weighted by molar-refractivity contribution is 9.10. The first-order valence-corrected chi connectivity index (χ1v) is 9.55. The summed E-state index contributed by atoms with van der Waals surface area (Å²) in [4.78, 5) is 0. The van der Waals surface area contributed by atoms with Gasteiger partial charge in [-0.05, 0) is 49.4 Å². The van der Waals surface area contributed by atoms with Crippen LogP contribution in [0.4, 0.5) is 0 Å². The number of aromatic nitrogens is 1. The average molecular weight is 456 g/mol. The number of halogens is 2. The number of aliphatic hydroxyl groups is 2. The van der Waals surface area contributed by atoms with Crippen LogP contribution >= 0.6 is 31.9 Å². The van der Waals surface area contributed by atoms with E-state index < -0.39 is 6.10 Å². The number of nitrogens with zero attached hydrogens (tertiary/aromatic N) is 1. The molecule has 1 aromatic heterocycles. The monoisotopic (exact) mass is 454 g/mol. The summed E-state index contributed by atoms with van der Waals surface area (Å²) < 4.78 is 4.25. The zero-order valence-electron chi connectivity index (χ0n) is 13.2. The maximum atomic E-state index is 10.4. The smallest absolute Gasteiger partial charge is 0.0843 e. The number of rotatable bonds is 7. The van der Waals surface area contributed by atoms with Gasteiger partial charge in [0.25, 0.3) is 0 Å². The molecule has 4 nitrogen and oxygen atoms in total. The van der Waals surface area contributed by atoms with Crippen LogP contribution in [0.25, 0.3) is 21.8 Å². The van der Waals surface area contributed by atoms with E-state index >= 15 is 0 Å². The number of nitrogens with one attached hydrogen (secondary N) is 1. The van der Waals surface area contributed by atoms with E-state index in [9.17, 15) is 5.11 Å². The Labute approximate surface area is 157 Å². The molecule has 3 N–H and O–H groups in total. The maximum Gasteiger partial charge on any atom is 0.0843 e. The highest BCUT2D eigenvalue weighted by Crippen LogP contribution is 2.33.